The molecule has 0 bridgehead atoms. The number of rotatable bonds is 18. The monoisotopic (exact) mass is 566 g/mol. The van der Waals surface area contributed by atoms with Crippen molar-refractivity contribution in [2.75, 3.05) is 19.8 Å². The normalized spacial score (nSPS) is 11.6. The Balaban J connectivity index is 1.55. The Morgan fingerprint density at radius 3 is 1.80 bits per heavy atom. The zero-order valence-corrected chi connectivity index (χ0v) is 25.4. The van der Waals surface area contributed by atoms with Crippen LogP contribution in [-0.4, -0.2) is 25.4 Å². The molecule has 5 heteroatoms. The van der Waals surface area contributed by atoms with E-state index in [4.69, 9.17) is 14.2 Å². The minimum atomic E-state index is -0.936. The smallest absolute Gasteiger partial charge is 0.201 e. The summed E-state index contributed by atoms with van der Waals surface area (Å²) in [7, 11) is 0. The van der Waals surface area contributed by atoms with Crippen molar-refractivity contribution in [2.45, 2.75) is 97.5 Å². The zero-order chi connectivity index (χ0) is 29.5. The van der Waals surface area contributed by atoms with Gasteiger partial charge in [-0.05, 0) is 87.4 Å². The number of hydrogen-bond acceptors (Lipinski definition) is 3. The lowest BCUT2D eigenvalue weighted by Crippen LogP contribution is -2.19. The molecule has 3 nitrogen and oxygen atoms in total. The topological polar surface area (TPSA) is 27.7 Å². The fourth-order valence-electron chi connectivity index (χ4n) is 4.74. The van der Waals surface area contributed by atoms with Gasteiger partial charge in [-0.3, -0.25) is 0 Å². The molecular weight excluding hydrogens is 518 g/mol. The summed E-state index contributed by atoms with van der Waals surface area (Å²) in [5, 5.41) is 0. The molecule has 3 aromatic carbocycles. The van der Waals surface area contributed by atoms with Crippen LogP contribution in [0.2, 0.25) is 0 Å². The van der Waals surface area contributed by atoms with Gasteiger partial charge in [-0.15, -0.1) is 0 Å². The summed E-state index contributed by atoms with van der Waals surface area (Å²) in [6.45, 7) is 10.3. The van der Waals surface area contributed by atoms with Crippen molar-refractivity contribution in [3.8, 4) is 33.8 Å². The van der Waals surface area contributed by atoms with Gasteiger partial charge in [-0.25, -0.2) is 4.39 Å². The molecule has 3 rings (SSSR count). The van der Waals surface area contributed by atoms with E-state index < -0.39 is 11.6 Å². The van der Waals surface area contributed by atoms with E-state index in [9.17, 15) is 4.39 Å². The highest BCUT2D eigenvalue weighted by Gasteiger charge is 2.18. The van der Waals surface area contributed by atoms with Gasteiger partial charge in [0.15, 0.2) is 11.6 Å². The van der Waals surface area contributed by atoms with E-state index >= 15 is 4.39 Å². The molecule has 0 saturated carbocycles. The third-order valence-electron chi connectivity index (χ3n) is 7.03. The highest BCUT2D eigenvalue weighted by atomic mass is 19.2. The number of ether oxygens (including phenoxy) is 3. The van der Waals surface area contributed by atoms with Crippen molar-refractivity contribution in [1.82, 2.24) is 0 Å². The van der Waals surface area contributed by atoms with Gasteiger partial charge in [0.05, 0.1) is 18.8 Å². The van der Waals surface area contributed by atoms with E-state index in [1.54, 1.807) is 6.07 Å². The Kier molecular flexibility index (Phi) is 13.6. The molecule has 41 heavy (non-hydrogen) atoms. The molecule has 0 aliphatic carbocycles. The van der Waals surface area contributed by atoms with Crippen LogP contribution in [0, 0.1) is 11.6 Å². The van der Waals surface area contributed by atoms with Crippen LogP contribution >= 0.6 is 0 Å². The number of benzene rings is 3. The first kappa shape index (κ1) is 32.6. The maximum Gasteiger partial charge on any atom is 0.201 e. The van der Waals surface area contributed by atoms with Crippen molar-refractivity contribution in [3.63, 3.8) is 0 Å². The molecule has 0 heterocycles. The molecule has 224 valence electrons. The average Bonchev–Trinajstić information content (AvgIpc) is 2.96. The summed E-state index contributed by atoms with van der Waals surface area (Å²) in [5.41, 5.74) is 2.52. The van der Waals surface area contributed by atoms with Gasteiger partial charge < -0.3 is 14.2 Å². The molecule has 0 aromatic heterocycles. The van der Waals surface area contributed by atoms with Crippen molar-refractivity contribution in [2.24, 2.45) is 0 Å². The fourth-order valence-corrected chi connectivity index (χ4v) is 4.74. The molecule has 0 unspecified atom stereocenters. The zero-order valence-electron chi connectivity index (χ0n) is 25.4. The molecule has 0 saturated heterocycles. The molecule has 0 fully saturated rings. The van der Waals surface area contributed by atoms with Crippen molar-refractivity contribution >= 4 is 0 Å². The first-order valence-electron chi connectivity index (χ1n) is 15.4. The second-order valence-electron chi connectivity index (χ2n) is 11.6. The van der Waals surface area contributed by atoms with Crippen molar-refractivity contribution in [1.29, 1.82) is 0 Å². The van der Waals surface area contributed by atoms with Gasteiger partial charge in [0.25, 0.3) is 0 Å². The summed E-state index contributed by atoms with van der Waals surface area (Å²) in [6.07, 6.45) is 10.9. The van der Waals surface area contributed by atoms with Gasteiger partial charge in [-0.1, -0.05) is 81.8 Å². The van der Waals surface area contributed by atoms with Crippen LogP contribution in [0.15, 0.2) is 60.7 Å². The third kappa shape index (κ3) is 11.1. The van der Waals surface area contributed by atoms with E-state index in [-0.39, 0.29) is 16.9 Å². The first-order chi connectivity index (χ1) is 19.8. The lowest BCUT2D eigenvalue weighted by molar-refractivity contribution is -0.00480. The fraction of sp³-hybridized carbons (Fsp3) is 0.500. The highest BCUT2D eigenvalue weighted by molar-refractivity contribution is 5.84. The quantitative estimate of drug-likeness (QED) is 0.143. The predicted octanol–water partition coefficient (Wildman–Crippen LogP) is 10.8. The third-order valence-corrected chi connectivity index (χ3v) is 7.03. The van der Waals surface area contributed by atoms with Crippen LogP contribution in [-0.2, 0) is 4.74 Å². The Bertz CT molecular complexity index is 1170. The van der Waals surface area contributed by atoms with Crippen LogP contribution in [0.25, 0.3) is 22.3 Å². The molecular formula is C36H48F2O3. The Hall–Kier alpha value is -2.92. The SMILES string of the molecule is CCCCCCCCOc1ccc(-c2ccccc2-c2ccc(OCCCCCCOC(C)(C)C)cc2)c(F)c1F. The standard InChI is InChI=1S/C36H48F2O3/c1-5-6-7-8-9-15-26-40-33-24-23-32(34(37)35(33)38)31-18-13-12-17-30(31)28-19-21-29(22-20-28)39-25-14-10-11-16-27-41-36(2,3)4/h12-13,17-24H,5-11,14-16,25-27H2,1-4H3. The largest absolute Gasteiger partial charge is 0.494 e. The second-order valence-corrected chi connectivity index (χ2v) is 11.6. The summed E-state index contributed by atoms with van der Waals surface area (Å²) in [6, 6.07) is 18.4. The van der Waals surface area contributed by atoms with Crippen LogP contribution in [0.4, 0.5) is 8.78 Å². The lowest BCUT2D eigenvalue weighted by Gasteiger charge is -2.19. The second kappa shape index (κ2) is 17.1. The van der Waals surface area contributed by atoms with Crippen molar-refractivity contribution in [3.05, 3.63) is 72.3 Å². The van der Waals surface area contributed by atoms with Gasteiger partial charge in [0, 0.05) is 12.2 Å². The highest BCUT2D eigenvalue weighted by Crippen LogP contribution is 2.36. The number of halogens is 2. The van der Waals surface area contributed by atoms with Crippen LogP contribution < -0.4 is 9.47 Å². The Morgan fingerprint density at radius 2 is 1.15 bits per heavy atom. The van der Waals surface area contributed by atoms with Gasteiger partial charge >= 0.3 is 0 Å². The average molecular weight is 567 g/mol. The van der Waals surface area contributed by atoms with Crippen LogP contribution in [0.5, 0.6) is 11.5 Å². The van der Waals surface area contributed by atoms with E-state index in [1.165, 1.54) is 25.3 Å². The maximum absolute atomic E-state index is 15.3. The number of hydrogen-bond donors (Lipinski definition) is 0. The minimum absolute atomic E-state index is 0.0305. The van der Waals surface area contributed by atoms with Gasteiger partial charge in [0.1, 0.15) is 5.75 Å². The molecule has 0 N–H and O–H groups in total. The molecule has 0 spiro atoms. The predicted molar refractivity (Wildman–Crippen MR) is 166 cm³/mol. The molecule has 0 atom stereocenters. The summed E-state index contributed by atoms with van der Waals surface area (Å²) >= 11 is 0. The van der Waals surface area contributed by atoms with E-state index in [0.717, 1.165) is 68.4 Å². The molecule has 3 aromatic rings. The summed E-state index contributed by atoms with van der Waals surface area (Å²) in [4.78, 5) is 0. The summed E-state index contributed by atoms with van der Waals surface area (Å²) in [5.74, 6) is -1.06. The maximum atomic E-state index is 15.3. The van der Waals surface area contributed by atoms with Gasteiger partial charge in [-0.2, -0.15) is 4.39 Å². The first-order valence-corrected chi connectivity index (χ1v) is 15.4. The van der Waals surface area contributed by atoms with Crippen LogP contribution in [0.3, 0.4) is 0 Å². The molecule has 0 amide bonds. The minimum Gasteiger partial charge on any atom is -0.494 e. The van der Waals surface area contributed by atoms with Crippen LogP contribution in [0.1, 0.15) is 91.9 Å². The Labute approximate surface area is 246 Å². The lowest BCUT2D eigenvalue weighted by atomic mass is 9.94. The summed E-state index contributed by atoms with van der Waals surface area (Å²) < 4.78 is 47.5. The molecule has 0 aliphatic heterocycles. The van der Waals surface area contributed by atoms with Crippen molar-refractivity contribution < 1.29 is 23.0 Å². The van der Waals surface area contributed by atoms with Gasteiger partial charge in [0.2, 0.25) is 5.82 Å². The Morgan fingerprint density at radius 1 is 0.561 bits per heavy atom. The molecule has 0 radical (unpaired) electrons. The van der Waals surface area contributed by atoms with E-state index in [0.29, 0.717) is 18.8 Å². The number of unbranched alkanes of at least 4 members (excludes halogenated alkanes) is 8. The molecule has 0 aliphatic rings. The van der Waals surface area contributed by atoms with E-state index in [1.807, 2.05) is 48.5 Å². The van der Waals surface area contributed by atoms with E-state index in [2.05, 4.69) is 27.7 Å².